The van der Waals surface area contributed by atoms with Crippen molar-refractivity contribution in [3.63, 3.8) is 0 Å². The van der Waals surface area contributed by atoms with Crippen molar-refractivity contribution in [3.05, 3.63) is 53.8 Å². The van der Waals surface area contributed by atoms with Crippen molar-refractivity contribution >= 4 is 29.3 Å². The Labute approximate surface area is 161 Å². The highest BCUT2D eigenvalue weighted by Crippen LogP contribution is 2.34. The number of carbonyl (C=O) groups excluding carboxylic acids is 2. The monoisotopic (exact) mass is 388 g/mol. The van der Waals surface area contributed by atoms with Crippen LogP contribution in [-0.4, -0.2) is 31.2 Å². The van der Waals surface area contributed by atoms with Crippen molar-refractivity contribution in [3.8, 4) is 5.75 Å². The lowest BCUT2D eigenvalue weighted by Gasteiger charge is -2.28. The number of amides is 2. The van der Waals surface area contributed by atoms with Crippen LogP contribution in [0, 0.1) is 5.82 Å². The van der Waals surface area contributed by atoms with Crippen LogP contribution >= 0.6 is 11.8 Å². The summed E-state index contributed by atoms with van der Waals surface area (Å²) in [4.78, 5) is 27.3. The number of hydrogen-bond acceptors (Lipinski definition) is 4. The quantitative estimate of drug-likeness (QED) is 0.822. The van der Waals surface area contributed by atoms with Gasteiger partial charge in [-0.2, -0.15) is 0 Å². The van der Waals surface area contributed by atoms with Gasteiger partial charge in [-0.05, 0) is 36.8 Å². The fourth-order valence-electron chi connectivity index (χ4n) is 2.96. The number of carbonyl (C=O) groups is 2. The molecule has 0 radical (unpaired) electrons. The summed E-state index contributed by atoms with van der Waals surface area (Å²) in [5.74, 6) is -0.124. The minimum Gasteiger partial charge on any atom is -0.494 e. The Bertz CT molecular complexity index is 859. The fraction of sp³-hybridized carbons (Fsp3) is 0.300. The van der Waals surface area contributed by atoms with E-state index in [0.717, 1.165) is 10.6 Å². The molecule has 0 aromatic heterocycles. The average molecular weight is 388 g/mol. The number of nitrogens with zero attached hydrogens (tertiary/aromatic N) is 1. The van der Waals surface area contributed by atoms with Gasteiger partial charge in [0, 0.05) is 17.9 Å². The summed E-state index contributed by atoms with van der Waals surface area (Å²) >= 11 is 1.51. The molecular formula is C20H21FN2O3S. The van der Waals surface area contributed by atoms with Crippen LogP contribution in [0.1, 0.15) is 24.9 Å². The van der Waals surface area contributed by atoms with Gasteiger partial charge in [-0.15, -0.1) is 11.8 Å². The van der Waals surface area contributed by atoms with Crippen molar-refractivity contribution in [2.24, 2.45) is 0 Å². The van der Waals surface area contributed by atoms with Crippen LogP contribution in [0.25, 0.3) is 0 Å². The van der Waals surface area contributed by atoms with Gasteiger partial charge in [0.05, 0.1) is 24.6 Å². The average Bonchev–Trinajstić information content (AvgIpc) is 2.67. The highest BCUT2D eigenvalue weighted by molar-refractivity contribution is 8.00. The largest absolute Gasteiger partial charge is 0.494 e. The third-order valence-electron chi connectivity index (χ3n) is 4.42. The summed E-state index contributed by atoms with van der Waals surface area (Å²) in [6.07, 6.45) is 0.174. The molecule has 2 amide bonds. The Morgan fingerprint density at radius 3 is 2.85 bits per heavy atom. The number of hydrogen-bond donors (Lipinski definition) is 1. The molecule has 3 rings (SSSR count). The Morgan fingerprint density at radius 1 is 1.33 bits per heavy atom. The van der Waals surface area contributed by atoms with Crippen molar-refractivity contribution in [1.29, 1.82) is 0 Å². The molecule has 2 aromatic rings. The lowest BCUT2D eigenvalue weighted by Crippen LogP contribution is -2.38. The summed E-state index contributed by atoms with van der Waals surface area (Å²) < 4.78 is 18.7. The fourth-order valence-corrected chi connectivity index (χ4v) is 3.90. The first kappa shape index (κ1) is 19.2. The molecule has 27 heavy (non-hydrogen) atoms. The van der Waals surface area contributed by atoms with Gasteiger partial charge in [-0.1, -0.05) is 18.2 Å². The summed E-state index contributed by atoms with van der Waals surface area (Å²) in [5, 5.41) is 2.85. The van der Waals surface area contributed by atoms with E-state index in [9.17, 15) is 14.0 Å². The Balaban J connectivity index is 1.60. The van der Waals surface area contributed by atoms with Gasteiger partial charge in [0.25, 0.3) is 0 Å². The topological polar surface area (TPSA) is 58.6 Å². The highest BCUT2D eigenvalue weighted by Gasteiger charge is 2.24. The maximum absolute atomic E-state index is 13.8. The molecule has 0 spiro atoms. The third-order valence-corrected chi connectivity index (χ3v) is 5.47. The van der Waals surface area contributed by atoms with Crippen LogP contribution in [-0.2, 0) is 9.59 Å². The second kappa shape index (κ2) is 8.43. The van der Waals surface area contributed by atoms with Crippen LogP contribution in [0.2, 0.25) is 0 Å². The molecule has 1 N–H and O–H groups in total. The molecule has 1 aliphatic rings. The predicted molar refractivity (Wildman–Crippen MR) is 104 cm³/mol. The Hall–Kier alpha value is -2.54. The first-order valence-electron chi connectivity index (χ1n) is 8.64. The van der Waals surface area contributed by atoms with E-state index in [1.807, 2.05) is 24.3 Å². The van der Waals surface area contributed by atoms with Crippen molar-refractivity contribution in [1.82, 2.24) is 5.32 Å². The van der Waals surface area contributed by atoms with Crippen LogP contribution in [0.15, 0.2) is 47.4 Å². The van der Waals surface area contributed by atoms with E-state index < -0.39 is 5.82 Å². The first-order valence-corrected chi connectivity index (χ1v) is 9.63. The number of fused-ring (bicyclic) bond motifs is 1. The Morgan fingerprint density at radius 2 is 2.11 bits per heavy atom. The van der Waals surface area contributed by atoms with Crippen LogP contribution in [0.5, 0.6) is 5.75 Å². The zero-order chi connectivity index (χ0) is 19.4. The summed E-state index contributed by atoms with van der Waals surface area (Å²) in [7, 11) is 1.40. The molecular weight excluding hydrogens is 367 g/mol. The van der Waals surface area contributed by atoms with Crippen LogP contribution in [0.3, 0.4) is 0 Å². The second-order valence-corrected chi connectivity index (χ2v) is 7.25. The van der Waals surface area contributed by atoms with Crippen molar-refractivity contribution < 1.29 is 18.7 Å². The number of ether oxygens (including phenoxy) is 1. The molecule has 142 valence electrons. The molecule has 5 nitrogen and oxygen atoms in total. The number of thioether (sulfide) groups is 1. The number of nitrogens with one attached hydrogen (secondary N) is 1. The molecule has 1 aliphatic heterocycles. The number of methoxy groups -OCH3 is 1. The van der Waals surface area contributed by atoms with Gasteiger partial charge in [-0.3, -0.25) is 9.59 Å². The van der Waals surface area contributed by atoms with E-state index in [0.29, 0.717) is 17.9 Å². The normalized spacial score (nSPS) is 14.5. The molecule has 0 bridgehead atoms. The molecule has 0 unspecified atom stereocenters. The molecule has 0 saturated heterocycles. The van der Waals surface area contributed by atoms with Crippen LogP contribution < -0.4 is 15.0 Å². The standard InChI is InChI=1S/C20H21FN2O3S/c1-13(14-7-8-17(26-2)15(21)11-14)22-19(24)9-10-23-16-5-3-4-6-18(16)27-12-20(23)25/h3-8,11,13H,9-10,12H2,1-2H3,(H,22,24)/t13-/m0/s1. The first-order chi connectivity index (χ1) is 13.0. The number of halogens is 1. The maximum Gasteiger partial charge on any atom is 0.237 e. The molecule has 0 fully saturated rings. The summed E-state index contributed by atoms with van der Waals surface area (Å²) in [6.45, 7) is 2.10. The van der Waals surface area contributed by atoms with Gasteiger partial charge in [-0.25, -0.2) is 4.39 Å². The van der Waals surface area contributed by atoms with Gasteiger partial charge < -0.3 is 15.0 Å². The van der Waals surface area contributed by atoms with E-state index in [4.69, 9.17) is 4.74 Å². The van der Waals surface area contributed by atoms with E-state index in [1.54, 1.807) is 17.9 Å². The molecule has 1 atom stereocenters. The SMILES string of the molecule is COc1ccc([C@H](C)NC(=O)CCN2C(=O)CSc3ccccc32)cc1F. The van der Waals surface area contributed by atoms with Gasteiger partial charge in [0.15, 0.2) is 11.6 Å². The van der Waals surface area contributed by atoms with Gasteiger partial charge in [0.2, 0.25) is 11.8 Å². The third kappa shape index (κ3) is 4.42. The van der Waals surface area contributed by atoms with Crippen LogP contribution in [0.4, 0.5) is 10.1 Å². The molecule has 0 aliphatic carbocycles. The minimum atomic E-state index is -0.468. The smallest absolute Gasteiger partial charge is 0.237 e. The number of benzene rings is 2. The molecule has 2 aromatic carbocycles. The van der Waals surface area contributed by atoms with E-state index >= 15 is 0 Å². The van der Waals surface area contributed by atoms with Gasteiger partial charge >= 0.3 is 0 Å². The summed E-state index contributed by atoms with van der Waals surface area (Å²) in [6, 6.07) is 11.9. The maximum atomic E-state index is 13.8. The number of rotatable bonds is 6. The lowest BCUT2D eigenvalue weighted by atomic mass is 10.1. The number of anilines is 1. The minimum absolute atomic E-state index is 0.00299. The predicted octanol–water partition coefficient (Wildman–Crippen LogP) is 3.54. The number of para-hydroxylation sites is 1. The highest BCUT2D eigenvalue weighted by atomic mass is 32.2. The molecule has 0 saturated carbocycles. The molecule has 1 heterocycles. The van der Waals surface area contributed by atoms with Gasteiger partial charge in [0.1, 0.15) is 0 Å². The lowest BCUT2D eigenvalue weighted by molar-refractivity contribution is -0.121. The zero-order valence-corrected chi connectivity index (χ0v) is 16.0. The van der Waals surface area contributed by atoms with Crippen molar-refractivity contribution in [2.75, 3.05) is 24.3 Å². The van der Waals surface area contributed by atoms with E-state index in [1.165, 1.54) is 31.0 Å². The summed E-state index contributed by atoms with van der Waals surface area (Å²) in [5.41, 5.74) is 1.49. The molecule has 7 heteroatoms. The Kier molecular flexibility index (Phi) is 6.01. The van der Waals surface area contributed by atoms with E-state index in [-0.39, 0.29) is 30.0 Å². The zero-order valence-electron chi connectivity index (χ0n) is 15.2. The second-order valence-electron chi connectivity index (χ2n) is 6.23. The van der Waals surface area contributed by atoms with E-state index in [2.05, 4.69) is 5.32 Å². The van der Waals surface area contributed by atoms with Crippen molar-refractivity contribution in [2.45, 2.75) is 24.3 Å².